The van der Waals surface area contributed by atoms with Gasteiger partial charge in [0.05, 0.1) is 38.3 Å². The Balaban J connectivity index is 1.28. The molecule has 8 nitrogen and oxygen atoms in total. The molecule has 3 aliphatic heterocycles. The number of nitrogens with two attached hydrogens (primary N) is 1. The van der Waals surface area contributed by atoms with Crippen molar-refractivity contribution in [3.8, 4) is 22.9 Å². The number of nitrogens with zero attached hydrogens (tertiary/aromatic N) is 5. The summed E-state index contributed by atoms with van der Waals surface area (Å²) in [6, 6.07) is 2.47. The number of thiophene rings is 1. The van der Waals surface area contributed by atoms with Crippen molar-refractivity contribution >= 4 is 60.4 Å². The second-order valence-corrected chi connectivity index (χ2v) is 15.2. The van der Waals surface area contributed by atoms with E-state index < -0.39 is 11.6 Å². The zero-order chi connectivity index (χ0) is 32.4. The second kappa shape index (κ2) is 10.0. The minimum absolute atomic E-state index is 0.00524. The first-order valence-corrected chi connectivity index (χ1v) is 17.1. The molecule has 12 heteroatoms. The van der Waals surface area contributed by atoms with Gasteiger partial charge in [-0.15, -0.1) is 17.9 Å². The first-order chi connectivity index (χ1) is 22.7. The number of hydrogen-bond donors (Lipinski definition) is 1. The molecule has 47 heavy (non-hydrogen) atoms. The molecule has 2 bridgehead atoms. The lowest BCUT2D eigenvalue weighted by atomic mass is 9.48. The summed E-state index contributed by atoms with van der Waals surface area (Å²) in [5.74, 6) is 0.122. The van der Waals surface area contributed by atoms with Crippen LogP contribution in [0.25, 0.3) is 37.0 Å². The van der Waals surface area contributed by atoms with Gasteiger partial charge >= 0.3 is 6.01 Å². The number of rotatable bonds is 6. The van der Waals surface area contributed by atoms with Gasteiger partial charge in [-0.05, 0) is 62.6 Å². The van der Waals surface area contributed by atoms with E-state index in [0.717, 1.165) is 63.0 Å². The Hall–Kier alpha value is -3.98. The lowest BCUT2D eigenvalue weighted by Gasteiger charge is -2.67. The van der Waals surface area contributed by atoms with Crippen LogP contribution in [0.4, 0.5) is 25.3 Å². The Morgan fingerprint density at radius 3 is 2.79 bits per heavy atom. The van der Waals surface area contributed by atoms with Crippen molar-refractivity contribution in [1.29, 1.82) is 0 Å². The van der Waals surface area contributed by atoms with E-state index in [2.05, 4.69) is 27.8 Å². The number of fused-ring (bicyclic) bond motifs is 2. The standard InChI is InChI=1S/C35H31ClF2N6O2S/c1-4-19-15-45-29-24-27(26(38)22(25(29)36)20-6-7-21(37)30-23(20)28(40-3)31(39)47-30)41-33(42-32(24)44(19)35-11-18(12-35)13-35)46-16-34-8-5-9-43(34)14-17(2)10-34/h4,6-7,18-19H,1-2,5,8-16,39H2/t18?,19?,34-,35?/m0/s1. The molecule has 0 radical (unpaired) electrons. The smallest absolute Gasteiger partial charge is 0.319 e. The Kier molecular flexibility index (Phi) is 6.22. The van der Waals surface area contributed by atoms with E-state index in [9.17, 15) is 0 Å². The van der Waals surface area contributed by atoms with Crippen LogP contribution in [0.2, 0.25) is 5.02 Å². The third kappa shape index (κ3) is 3.92. The van der Waals surface area contributed by atoms with Crippen LogP contribution in [-0.2, 0) is 0 Å². The third-order valence-electron chi connectivity index (χ3n) is 11.1. The summed E-state index contributed by atoms with van der Waals surface area (Å²) < 4.78 is 45.3. The van der Waals surface area contributed by atoms with Gasteiger partial charge in [-0.1, -0.05) is 35.9 Å². The highest BCUT2D eigenvalue weighted by Gasteiger charge is 2.62. The molecule has 2 N–H and O–H groups in total. The fraction of sp³-hybridized carbons (Fsp3) is 0.400. The van der Waals surface area contributed by atoms with Crippen molar-refractivity contribution < 1.29 is 18.3 Å². The van der Waals surface area contributed by atoms with Crippen molar-refractivity contribution in [2.45, 2.75) is 55.6 Å². The number of hydrogen-bond acceptors (Lipinski definition) is 8. The highest BCUT2D eigenvalue weighted by Crippen LogP contribution is 2.63. The molecular formula is C35H31ClF2N6O2S. The van der Waals surface area contributed by atoms with Gasteiger partial charge in [-0.25, -0.2) is 13.6 Å². The van der Waals surface area contributed by atoms with Crippen molar-refractivity contribution in [3.05, 3.63) is 65.0 Å². The first-order valence-electron chi connectivity index (χ1n) is 15.9. The van der Waals surface area contributed by atoms with Crippen molar-refractivity contribution in [2.24, 2.45) is 5.92 Å². The molecule has 1 unspecified atom stereocenters. The zero-order valence-electron chi connectivity index (χ0n) is 25.5. The summed E-state index contributed by atoms with van der Waals surface area (Å²) >= 11 is 8.06. The average molecular weight is 673 g/mol. The quantitative estimate of drug-likeness (QED) is 0.164. The van der Waals surface area contributed by atoms with Gasteiger partial charge < -0.3 is 20.1 Å². The van der Waals surface area contributed by atoms with Crippen molar-refractivity contribution in [3.63, 3.8) is 0 Å². The molecule has 2 aromatic carbocycles. The predicted octanol–water partition coefficient (Wildman–Crippen LogP) is 8.06. The molecule has 2 saturated heterocycles. The summed E-state index contributed by atoms with van der Waals surface area (Å²) in [4.78, 5) is 17.9. The average Bonchev–Trinajstić information content (AvgIpc) is 3.61. The monoisotopic (exact) mass is 672 g/mol. The fourth-order valence-corrected chi connectivity index (χ4v) is 10.1. The van der Waals surface area contributed by atoms with Gasteiger partial charge in [-0.2, -0.15) is 9.97 Å². The highest BCUT2D eigenvalue weighted by molar-refractivity contribution is 7.23. The van der Waals surface area contributed by atoms with E-state index in [0.29, 0.717) is 23.7 Å². The maximum Gasteiger partial charge on any atom is 0.319 e. The van der Waals surface area contributed by atoms with Gasteiger partial charge in [-0.3, -0.25) is 4.90 Å². The van der Waals surface area contributed by atoms with Crippen LogP contribution in [0.5, 0.6) is 11.8 Å². The number of ether oxygens (including phenoxy) is 2. The molecule has 6 aliphatic rings. The summed E-state index contributed by atoms with van der Waals surface area (Å²) in [5, 5.41) is 0.706. The lowest BCUT2D eigenvalue weighted by molar-refractivity contribution is -0.0306. The molecule has 0 amide bonds. The van der Waals surface area contributed by atoms with E-state index in [1.165, 1.54) is 17.7 Å². The summed E-state index contributed by atoms with van der Waals surface area (Å²) in [6.07, 6.45) is 7.75. The van der Waals surface area contributed by atoms with E-state index in [1.54, 1.807) is 0 Å². The molecule has 2 aromatic heterocycles. The number of nitrogen functional groups attached to an aromatic ring is 1. The molecule has 0 spiro atoms. The van der Waals surface area contributed by atoms with Gasteiger partial charge in [0.2, 0.25) is 5.69 Å². The molecule has 2 atom stereocenters. The van der Waals surface area contributed by atoms with Crippen LogP contribution in [0.15, 0.2) is 36.9 Å². The van der Waals surface area contributed by atoms with E-state index in [1.807, 2.05) is 6.08 Å². The normalized spacial score (nSPS) is 27.6. The Morgan fingerprint density at radius 2 is 2.06 bits per heavy atom. The maximum atomic E-state index is 17.3. The van der Waals surface area contributed by atoms with Gasteiger partial charge in [0, 0.05) is 23.0 Å². The topological polar surface area (TPSA) is 81.1 Å². The zero-order valence-corrected chi connectivity index (χ0v) is 27.1. The van der Waals surface area contributed by atoms with Crippen molar-refractivity contribution in [2.75, 3.05) is 36.9 Å². The highest BCUT2D eigenvalue weighted by atomic mass is 35.5. The van der Waals surface area contributed by atoms with E-state index in [4.69, 9.17) is 43.3 Å². The van der Waals surface area contributed by atoms with Gasteiger partial charge in [0.15, 0.2) is 11.6 Å². The number of benzene rings is 2. The molecule has 4 aromatic rings. The Morgan fingerprint density at radius 1 is 1.26 bits per heavy atom. The Labute approximate surface area is 279 Å². The molecule has 240 valence electrons. The Bertz CT molecular complexity index is 2110. The molecule has 3 saturated carbocycles. The molecule has 5 heterocycles. The van der Waals surface area contributed by atoms with Crippen LogP contribution in [-0.4, -0.2) is 58.3 Å². The number of halogens is 3. The van der Waals surface area contributed by atoms with E-state index in [-0.39, 0.29) is 77.9 Å². The SMILES string of the molecule is [C-]#[N+]c1c(N)sc2c(F)ccc(-c3c(Cl)c4c5c(nc(OC[C@@]67CCCN6CC(=C)C7)nc5c3F)N(C35CC(C3)C5)C(C=C)CO4)c12. The fourth-order valence-electron chi connectivity index (χ4n) is 8.86. The first kappa shape index (κ1) is 29.2. The summed E-state index contributed by atoms with van der Waals surface area (Å²) in [7, 11) is 0. The molecule has 10 rings (SSSR count). The minimum Gasteiger partial charge on any atom is -0.489 e. The minimum atomic E-state index is -0.732. The summed E-state index contributed by atoms with van der Waals surface area (Å²) in [5.41, 5.74) is 7.22. The molecule has 5 fully saturated rings. The van der Waals surface area contributed by atoms with Crippen LogP contribution >= 0.6 is 22.9 Å². The summed E-state index contributed by atoms with van der Waals surface area (Å²) in [6.45, 7) is 18.5. The van der Waals surface area contributed by atoms with Crippen LogP contribution in [0, 0.1) is 24.1 Å². The molecule has 3 aliphatic carbocycles. The number of anilines is 2. The third-order valence-corrected chi connectivity index (χ3v) is 12.4. The van der Waals surface area contributed by atoms with Crippen molar-refractivity contribution in [1.82, 2.24) is 14.9 Å². The van der Waals surface area contributed by atoms with Gasteiger partial charge in [0.1, 0.15) is 30.4 Å². The second-order valence-electron chi connectivity index (χ2n) is 13.8. The van der Waals surface area contributed by atoms with Crippen LogP contribution in [0.3, 0.4) is 0 Å². The van der Waals surface area contributed by atoms with Crippen LogP contribution in [0.1, 0.15) is 38.5 Å². The van der Waals surface area contributed by atoms with Gasteiger partial charge in [0.25, 0.3) is 0 Å². The van der Waals surface area contributed by atoms with E-state index >= 15 is 8.78 Å². The lowest BCUT2D eigenvalue weighted by Crippen LogP contribution is -2.71. The van der Waals surface area contributed by atoms with Crippen LogP contribution < -0.4 is 20.1 Å². The largest absolute Gasteiger partial charge is 0.489 e. The maximum absolute atomic E-state index is 17.3. The number of aromatic nitrogens is 2. The predicted molar refractivity (Wildman–Crippen MR) is 181 cm³/mol. The molecular weight excluding hydrogens is 642 g/mol.